The Balaban J connectivity index is 2.64. The Morgan fingerprint density at radius 3 is 2.56 bits per heavy atom. The van der Waals surface area contributed by atoms with Crippen molar-refractivity contribution in [3.8, 4) is 0 Å². The summed E-state index contributed by atoms with van der Waals surface area (Å²) in [6, 6.07) is 7.12. The number of thioether (sulfide) groups is 1. The summed E-state index contributed by atoms with van der Waals surface area (Å²) in [7, 11) is 1.81. The van der Waals surface area contributed by atoms with Gasteiger partial charge in [-0.25, -0.2) is 0 Å². The molecule has 0 heterocycles. The monoisotopic (exact) mass is 239 g/mol. The second kappa shape index (κ2) is 6.40. The molecular weight excluding hydrogens is 222 g/mol. The minimum absolute atomic E-state index is 0.0395. The van der Waals surface area contributed by atoms with Crippen LogP contribution >= 0.6 is 11.8 Å². The van der Waals surface area contributed by atoms with Gasteiger partial charge < -0.3 is 10.3 Å². The zero-order valence-electron chi connectivity index (χ0n) is 9.56. The normalized spacial score (nSPS) is 9.94. The van der Waals surface area contributed by atoms with Crippen molar-refractivity contribution in [1.82, 2.24) is 4.90 Å². The van der Waals surface area contributed by atoms with E-state index in [4.69, 9.17) is 5.84 Å². The van der Waals surface area contributed by atoms with E-state index in [1.54, 1.807) is 40.9 Å². The molecule has 0 saturated heterocycles. The summed E-state index contributed by atoms with van der Waals surface area (Å²) in [6.45, 7) is 0.761. The van der Waals surface area contributed by atoms with Crippen molar-refractivity contribution in [3.05, 3.63) is 29.8 Å². The second-order valence-electron chi connectivity index (χ2n) is 3.44. The molecule has 0 aliphatic heterocycles. The van der Waals surface area contributed by atoms with Crippen molar-refractivity contribution in [1.29, 1.82) is 0 Å². The predicted octanol–water partition coefficient (Wildman–Crippen LogP) is 1.41. The fourth-order valence-corrected chi connectivity index (χ4v) is 1.72. The van der Waals surface area contributed by atoms with E-state index in [-0.39, 0.29) is 5.91 Å². The fraction of sp³-hybridized carbons (Fsp3) is 0.364. The molecule has 0 bridgehead atoms. The molecule has 4 nitrogen and oxygen atoms in total. The lowest BCUT2D eigenvalue weighted by atomic mass is 10.2. The van der Waals surface area contributed by atoms with Gasteiger partial charge in [0.15, 0.2) is 0 Å². The van der Waals surface area contributed by atoms with Crippen molar-refractivity contribution in [2.45, 2.75) is 0 Å². The van der Waals surface area contributed by atoms with Gasteiger partial charge in [0.05, 0.1) is 0 Å². The van der Waals surface area contributed by atoms with E-state index in [1.165, 1.54) is 0 Å². The molecule has 16 heavy (non-hydrogen) atoms. The second-order valence-corrected chi connectivity index (χ2v) is 4.43. The summed E-state index contributed by atoms with van der Waals surface area (Å²) < 4.78 is 0. The molecule has 0 atom stereocenters. The van der Waals surface area contributed by atoms with Crippen molar-refractivity contribution >= 4 is 23.4 Å². The van der Waals surface area contributed by atoms with Gasteiger partial charge in [0.2, 0.25) is 0 Å². The molecule has 0 aliphatic carbocycles. The van der Waals surface area contributed by atoms with Gasteiger partial charge in [0.25, 0.3) is 5.91 Å². The van der Waals surface area contributed by atoms with E-state index >= 15 is 0 Å². The van der Waals surface area contributed by atoms with Crippen LogP contribution in [0.2, 0.25) is 0 Å². The van der Waals surface area contributed by atoms with Crippen LogP contribution in [0.25, 0.3) is 0 Å². The maximum Gasteiger partial charge on any atom is 0.253 e. The fourth-order valence-electron chi connectivity index (χ4n) is 1.26. The minimum atomic E-state index is 0.0395. The van der Waals surface area contributed by atoms with Gasteiger partial charge in [0.1, 0.15) is 0 Å². The molecule has 0 radical (unpaired) electrons. The first-order valence-corrected chi connectivity index (χ1v) is 6.39. The number of nitrogen functional groups attached to an aromatic ring is 1. The van der Waals surface area contributed by atoms with E-state index in [0.717, 1.165) is 18.0 Å². The van der Waals surface area contributed by atoms with Crippen LogP contribution in [-0.2, 0) is 0 Å². The number of hydrazine groups is 1. The minimum Gasteiger partial charge on any atom is -0.341 e. The molecule has 5 heteroatoms. The maximum absolute atomic E-state index is 11.9. The number of nitrogens with one attached hydrogen (secondary N) is 1. The van der Waals surface area contributed by atoms with Crippen LogP contribution in [0.3, 0.4) is 0 Å². The average molecular weight is 239 g/mol. The average Bonchev–Trinajstić information content (AvgIpc) is 2.35. The highest BCUT2D eigenvalue weighted by Gasteiger charge is 2.10. The molecule has 3 N–H and O–H groups in total. The largest absolute Gasteiger partial charge is 0.341 e. The lowest BCUT2D eigenvalue weighted by Gasteiger charge is -2.16. The summed E-state index contributed by atoms with van der Waals surface area (Å²) in [5.74, 6) is 6.24. The highest BCUT2D eigenvalue weighted by atomic mass is 32.2. The predicted molar refractivity (Wildman–Crippen MR) is 69.6 cm³/mol. The molecular formula is C11H17N3OS. The van der Waals surface area contributed by atoms with Gasteiger partial charge in [-0.2, -0.15) is 11.8 Å². The third-order valence-electron chi connectivity index (χ3n) is 2.28. The van der Waals surface area contributed by atoms with E-state index in [1.807, 2.05) is 13.3 Å². The number of carbonyl (C=O) groups is 1. The number of nitrogens with two attached hydrogens (primary N) is 1. The Morgan fingerprint density at radius 1 is 1.44 bits per heavy atom. The zero-order chi connectivity index (χ0) is 12.0. The topological polar surface area (TPSA) is 58.4 Å². The van der Waals surface area contributed by atoms with Crippen LogP contribution in [0.5, 0.6) is 0 Å². The van der Waals surface area contributed by atoms with E-state index in [2.05, 4.69) is 5.43 Å². The lowest BCUT2D eigenvalue weighted by molar-refractivity contribution is 0.0804. The molecule has 0 aromatic heterocycles. The van der Waals surface area contributed by atoms with Gasteiger partial charge >= 0.3 is 0 Å². The molecule has 0 unspecified atom stereocenters. The van der Waals surface area contributed by atoms with E-state index in [9.17, 15) is 4.79 Å². The lowest BCUT2D eigenvalue weighted by Crippen LogP contribution is -2.28. The maximum atomic E-state index is 11.9. The van der Waals surface area contributed by atoms with Crippen molar-refractivity contribution < 1.29 is 4.79 Å². The number of rotatable bonds is 5. The molecule has 0 fully saturated rings. The van der Waals surface area contributed by atoms with Crippen molar-refractivity contribution in [2.75, 3.05) is 31.0 Å². The summed E-state index contributed by atoms with van der Waals surface area (Å²) in [4.78, 5) is 13.6. The van der Waals surface area contributed by atoms with Gasteiger partial charge in [-0.3, -0.25) is 10.6 Å². The first kappa shape index (κ1) is 12.9. The quantitative estimate of drug-likeness (QED) is 0.602. The van der Waals surface area contributed by atoms with Gasteiger partial charge in [-0.15, -0.1) is 0 Å². The third-order valence-corrected chi connectivity index (χ3v) is 2.87. The Kier molecular flexibility index (Phi) is 5.14. The first-order valence-electron chi connectivity index (χ1n) is 5.00. The van der Waals surface area contributed by atoms with Crippen molar-refractivity contribution in [3.63, 3.8) is 0 Å². The number of anilines is 1. The molecule has 1 aromatic rings. The number of hydrogen-bond acceptors (Lipinski definition) is 4. The Morgan fingerprint density at radius 2 is 2.06 bits per heavy atom. The highest BCUT2D eigenvalue weighted by molar-refractivity contribution is 7.98. The summed E-state index contributed by atoms with van der Waals surface area (Å²) >= 11 is 1.73. The molecule has 1 aromatic carbocycles. The van der Waals surface area contributed by atoms with Crippen LogP contribution in [0, 0.1) is 0 Å². The smallest absolute Gasteiger partial charge is 0.253 e. The Labute approximate surface area is 100 Å². The number of amides is 1. The van der Waals surface area contributed by atoms with Crippen LogP contribution in [0.1, 0.15) is 10.4 Å². The summed E-state index contributed by atoms with van der Waals surface area (Å²) in [5, 5.41) is 0. The van der Waals surface area contributed by atoms with Crippen LogP contribution < -0.4 is 11.3 Å². The van der Waals surface area contributed by atoms with E-state index in [0.29, 0.717) is 5.56 Å². The van der Waals surface area contributed by atoms with Crippen molar-refractivity contribution in [2.24, 2.45) is 5.84 Å². The van der Waals surface area contributed by atoms with E-state index < -0.39 is 0 Å². The number of hydrogen-bond donors (Lipinski definition) is 2. The number of nitrogens with zero attached hydrogens (tertiary/aromatic N) is 1. The van der Waals surface area contributed by atoms with Gasteiger partial charge in [-0.1, -0.05) is 0 Å². The molecule has 1 rings (SSSR count). The highest BCUT2D eigenvalue weighted by Crippen LogP contribution is 2.10. The molecule has 0 saturated carbocycles. The number of benzene rings is 1. The van der Waals surface area contributed by atoms with Crippen LogP contribution in [0.15, 0.2) is 24.3 Å². The SMILES string of the molecule is CSCCN(C)C(=O)c1ccc(NN)cc1. The molecule has 0 aliphatic rings. The summed E-state index contributed by atoms with van der Waals surface area (Å²) in [5.41, 5.74) is 4.01. The van der Waals surface area contributed by atoms with Gasteiger partial charge in [-0.05, 0) is 30.5 Å². The summed E-state index contributed by atoms with van der Waals surface area (Å²) in [6.07, 6.45) is 2.03. The third kappa shape index (κ3) is 3.43. The number of carbonyl (C=O) groups excluding carboxylic acids is 1. The molecule has 0 spiro atoms. The van der Waals surface area contributed by atoms with Gasteiger partial charge in [0, 0.05) is 30.6 Å². The standard InChI is InChI=1S/C11H17N3OS/c1-14(7-8-16-2)11(15)9-3-5-10(13-12)6-4-9/h3-6,13H,7-8,12H2,1-2H3. The first-order chi connectivity index (χ1) is 7.69. The molecule has 88 valence electrons. The zero-order valence-corrected chi connectivity index (χ0v) is 10.4. The Hall–Kier alpha value is -1.20. The molecule has 1 amide bonds. The Bertz CT molecular complexity index is 340. The van der Waals surface area contributed by atoms with Crippen LogP contribution in [-0.4, -0.2) is 36.4 Å². The van der Waals surface area contributed by atoms with Crippen LogP contribution in [0.4, 0.5) is 5.69 Å².